The molecule has 4 N–H and O–H groups in total. The lowest BCUT2D eigenvalue weighted by Crippen LogP contribution is -2.24. The Kier molecular flexibility index (Phi) is 4.04. The van der Waals surface area contributed by atoms with Crippen LogP contribution in [0.2, 0.25) is 0 Å². The summed E-state index contributed by atoms with van der Waals surface area (Å²) in [5.41, 5.74) is 4.78. The van der Waals surface area contributed by atoms with Gasteiger partial charge in [0, 0.05) is 6.54 Å². The predicted octanol–water partition coefficient (Wildman–Crippen LogP) is 1.00. The van der Waals surface area contributed by atoms with Gasteiger partial charge in [-0.15, -0.1) is 0 Å². The molecule has 0 spiro atoms. The zero-order valence-corrected chi connectivity index (χ0v) is 10.6. The largest absolute Gasteiger partial charge is 0.347 e. The first-order valence-corrected chi connectivity index (χ1v) is 5.81. The van der Waals surface area contributed by atoms with E-state index in [4.69, 9.17) is 5.84 Å². The second-order valence-corrected chi connectivity index (χ2v) is 4.10. The molecule has 0 saturated heterocycles. The molecule has 6 heteroatoms. The number of amides is 1. The van der Waals surface area contributed by atoms with Crippen LogP contribution in [0.3, 0.4) is 0 Å². The molecule has 1 aromatic heterocycles. The SMILES string of the molecule is Cc1ccc(CNC(=O)c2cncc(NN)n2)cc1. The molecule has 98 valence electrons. The van der Waals surface area contributed by atoms with Crippen molar-refractivity contribution in [1.29, 1.82) is 0 Å². The minimum absolute atomic E-state index is 0.225. The zero-order chi connectivity index (χ0) is 13.7. The Hall–Kier alpha value is -2.47. The molecule has 1 amide bonds. The van der Waals surface area contributed by atoms with E-state index < -0.39 is 0 Å². The molecular formula is C13H15N5O. The van der Waals surface area contributed by atoms with Crippen molar-refractivity contribution in [3.05, 3.63) is 53.5 Å². The van der Waals surface area contributed by atoms with Crippen LogP contribution in [0.4, 0.5) is 5.82 Å². The van der Waals surface area contributed by atoms with Crippen LogP contribution in [0.15, 0.2) is 36.7 Å². The van der Waals surface area contributed by atoms with E-state index in [9.17, 15) is 4.79 Å². The fourth-order valence-corrected chi connectivity index (χ4v) is 1.52. The van der Waals surface area contributed by atoms with Crippen LogP contribution in [-0.2, 0) is 6.54 Å². The van der Waals surface area contributed by atoms with Gasteiger partial charge in [-0.05, 0) is 12.5 Å². The lowest BCUT2D eigenvalue weighted by atomic mass is 10.1. The fraction of sp³-hybridized carbons (Fsp3) is 0.154. The number of hydrogen-bond donors (Lipinski definition) is 3. The molecule has 2 aromatic rings. The lowest BCUT2D eigenvalue weighted by molar-refractivity contribution is 0.0945. The molecule has 2 rings (SSSR count). The highest BCUT2D eigenvalue weighted by atomic mass is 16.1. The Labute approximate surface area is 111 Å². The first-order chi connectivity index (χ1) is 9.19. The number of benzene rings is 1. The summed E-state index contributed by atoms with van der Waals surface area (Å²) in [6, 6.07) is 7.94. The highest BCUT2D eigenvalue weighted by Crippen LogP contribution is 2.04. The van der Waals surface area contributed by atoms with Gasteiger partial charge in [0.15, 0.2) is 5.82 Å². The number of aryl methyl sites for hydroxylation is 1. The summed E-state index contributed by atoms with van der Waals surface area (Å²) in [5.74, 6) is 5.28. The number of anilines is 1. The van der Waals surface area contributed by atoms with Crippen LogP contribution < -0.4 is 16.6 Å². The number of rotatable bonds is 4. The smallest absolute Gasteiger partial charge is 0.271 e. The van der Waals surface area contributed by atoms with Gasteiger partial charge in [-0.1, -0.05) is 29.8 Å². The van der Waals surface area contributed by atoms with Gasteiger partial charge in [-0.25, -0.2) is 10.8 Å². The van der Waals surface area contributed by atoms with E-state index in [0.29, 0.717) is 12.4 Å². The van der Waals surface area contributed by atoms with Gasteiger partial charge < -0.3 is 10.7 Å². The maximum Gasteiger partial charge on any atom is 0.271 e. The molecule has 0 bridgehead atoms. The first kappa shape index (κ1) is 13.0. The number of carbonyl (C=O) groups is 1. The van der Waals surface area contributed by atoms with E-state index >= 15 is 0 Å². The van der Waals surface area contributed by atoms with Gasteiger partial charge in [0.1, 0.15) is 5.69 Å². The normalized spacial score (nSPS) is 10.0. The highest BCUT2D eigenvalue weighted by Gasteiger charge is 2.08. The molecule has 1 aromatic carbocycles. The molecule has 6 nitrogen and oxygen atoms in total. The van der Waals surface area contributed by atoms with Crippen molar-refractivity contribution in [1.82, 2.24) is 15.3 Å². The van der Waals surface area contributed by atoms with Crippen molar-refractivity contribution < 1.29 is 4.79 Å². The fourth-order valence-electron chi connectivity index (χ4n) is 1.52. The van der Waals surface area contributed by atoms with Gasteiger partial charge in [-0.2, -0.15) is 0 Å². The number of aromatic nitrogens is 2. The van der Waals surface area contributed by atoms with E-state index in [-0.39, 0.29) is 11.6 Å². The van der Waals surface area contributed by atoms with Gasteiger partial charge >= 0.3 is 0 Å². The summed E-state index contributed by atoms with van der Waals surface area (Å²) in [7, 11) is 0. The van der Waals surface area contributed by atoms with Gasteiger partial charge in [0.05, 0.1) is 12.4 Å². The second-order valence-electron chi connectivity index (χ2n) is 4.10. The highest BCUT2D eigenvalue weighted by molar-refractivity contribution is 5.92. The molecule has 0 saturated carbocycles. The minimum atomic E-state index is -0.287. The van der Waals surface area contributed by atoms with Crippen LogP contribution in [0.25, 0.3) is 0 Å². The maximum absolute atomic E-state index is 11.9. The van der Waals surface area contributed by atoms with Crippen molar-refractivity contribution in [2.45, 2.75) is 13.5 Å². The third-order valence-corrected chi connectivity index (χ3v) is 2.59. The Morgan fingerprint density at radius 3 is 2.68 bits per heavy atom. The van der Waals surface area contributed by atoms with E-state index in [1.165, 1.54) is 18.0 Å². The Bertz CT molecular complexity index is 568. The molecule has 0 aliphatic carbocycles. The van der Waals surface area contributed by atoms with Crippen LogP contribution >= 0.6 is 0 Å². The van der Waals surface area contributed by atoms with Gasteiger partial charge in [-0.3, -0.25) is 9.78 Å². The third kappa shape index (κ3) is 3.49. The Morgan fingerprint density at radius 1 is 1.26 bits per heavy atom. The lowest BCUT2D eigenvalue weighted by Gasteiger charge is -2.06. The van der Waals surface area contributed by atoms with E-state index in [1.807, 2.05) is 31.2 Å². The van der Waals surface area contributed by atoms with Crippen molar-refractivity contribution in [2.24, 2.45) is 5.84 Å². The number of nitrogens with zero attached hydrogens (tertiary/aromatic N) is 2. The van der Waals surface area contributed by atoms with Crippen LogP contribution in [0.5, 0.6) is 0 Å². The number of hydrogen-bond acceptors (Lipinski definition) is 5. The summed E-state index contributed by atoms with van der Waals surface area (Å²) in [4.78, 5) is 19.8. The molecule has 0 aliphatic rings. The molecule has 0 atom stereocenters. The van der Waals surface area contributed by atoms with Gasteiger partial charge in [0.25, 0.3) is 5.91 Å². The van der Waals surface area contributed by atoms with Crippen LogP contribution in [0.1, 0.15) is 21.6 Å². The molecule has 0 radical (unpaired) electrons. The quantitative estimate of drug-likeness (QED) is 0.561. The topological polar surface area (TPSA) is 92.9 Å². The average molecular weight is 257 g/mol. The molecule has 0 unspecified atom stereocenters. The monoisotopic (exact) mass is 257 g/mol. The summed E-state index contributed by atoms with van der Waals surface area (Å²) >= 11 is 0. The zero-order valence-electron chi connectivity index (χ0n) is 10.6. The molecule has 0 fully saturated rings. The number of nitrogens with one attached hydrogen (secondary N) is 2. The summed E-state index contributed by atoms with van der Waals surface area (Å²) in [6.07, 6.45) is 2.84. The van der Waals surface area contributed by atoms with E-state index in [1.54, 1.807) is 0 Å². The second kappa shape index (κ2) is 5.92. The van der Waals surface area contributed by atoms with E-state index in [2.05, 4.69) is 20.7 Å². The van der Waals surface area contributed by atoms with Crippen molar-refractivity contribution >= 4 is 11.7 Å². The summed E-state index contributed by atoms with van der Waals surface area (Å²) < 4.78 is 0. The number of nitrogens with two attached hydrogens (primary N) is 1. The maximum atomic E-state index is 11.9. The number of nitrogen functional groups attached to an aromatic ring is 1. The first-order valence-electron chi connectivity index (χ1n) is 5.81. The van der Waals surface area contributed by atoms with Crippen LogP contribution in [0, 0.1) is 6.92 Å². The third-order valence-electron chi connectivity index (χ3n) is 2.59. The predicted molar refractivity (Wildman–Crippen MR) is 72.2 cm³/mol. The summed E-state index contributed by atoms with van der Waals surface area (Å²) in [6.45, 7) is 2.46. The van der Waals surface area contributed by atoms with Gasteiger partial charge in [0.2, 0.25) is 0 Å². The Morgan fingerprint density at radius 2 is 2.00 bits per heavy atom. The minimum Gasteiger partial charge on any atom is -0.347 e. The number of carbonyl (C=O) groups excluding carboxylic acids is 1. The van der Waals surface area contributed by atoms with Crippen molar-refractivity contribution in [2.75, 3.05) is 5.43 Å². The standard InChI is InChI=1S/C13H15N5O/c1-9-2-4-10(5-3-9)6-16-13(19)11-7-15-8-12(17-11)18-14/h2-5,7-8H,6,14H2,1H3,(H,16,19)(H,17,18). The average Bonchev–Trinajstić information content (AvgIpc) is 2.46. The molecule has 19 heavy (non-hydrogen) atoms. The van der Waals surface area contributed by atoms with Crippen molar-refractivity contribution in [3.8, 4) is 0 Å². The molecule has 1 heterocycles. The molecular weight excluding hydrogens is 242 g/mol. The van der Waals surface area contributed by atoms with E-state index in [0.717, 1.165) is 5.56 Å². The van der Waals surface area contributed by atoms with Crippen LogP contribution in [-0.4, -0.2) is 15.9 Å². The van der Waals surface area contributed by atoms with Crippen molar-refractivity contribution in [3.63, 3.8) is 0 Å². The number of hydrazine groups is 1. The Balaban J connectivity index is 1.99. The summed E-state index contributed by atoms with van der Waals surface area (Å²) in [5, 5.41) is 2.78. The molecule has 0 aliphatic heterocycles.